The van der Waals surface area contributed by atoms with E-state index in [0.29, 0.717) is 21.6 Å². The van der Waals surface area contributed by atoms with Crippen molar-refractivity contribution in [3.05, 3.63) is 76.3 Å². The van der Waals surface area contributed by atoms with Crippen LogP contribution in [0.2, 0.25) is 10.0 Å². The van der Waals surface area contributed by atoms with Gasteiger partial charge in [-0.15, -0.1) is 11.8 Å². The third-order valence-electron chi connectivity index (χ3n) is 3.57. The van der Waals surface area contributed by atoms with Crippen LogP contribution in [0.25, 0.3) is 10.8 Å². The molecule has 0 fully saturated rings. The minimum Gasteiger partial charge on any atom is -0.325 e. The maximum absolute atomic E-state index is 12.2. The molecule has 0 aliphatic rings. The van der Waals surface area contributed by atoms with E-state index < -0.39 is 0 Å². The van der Waals surface area contributed by atoms with Crippen LogP contribution in [0, 0.1) is 0 Å². The molecule has 0 aliphatic heterocycles. The van der Waals surface area contributed by atoms with E-state index in [1.54, 1.807) is 12.1 Å². The summed E-state index contributed by atoms with van der Waals surface area (Å²) in [6, 6.07) is 19.3. The van der Waals surface area contributed by atoms with E-state index in [-0.39, 0.29) is 5.91 Å². The first-order chi connectivity index (χ1) is 11.6. The summed E-state index contributed by atoms with van der Waals surface area (Å²) in [5.74, 6) is 1.00. The van der Waals surface area contributed by atoms with Crippen LogP contribution in [0.5, 0.6) is 0 Å². The van der Waals surface area contributed by atoms with E-state index in [4.69, 9.17) is 23.2 Å². The van der Waals surface area contributed by atoms with Gasteiger partial charge in [-0.05, 0) is 29.1 Å². The van der Waals surface area contributed by atoms with Gasteiger partial charge in [0.1, 0.15) is 0 Å². The smallest absolute Gasteiger partial charge is 0.234 e. The molecule has 122 valence electrons. The van der Waals surface area contributed by atoms with Gasteiger partial charge in [0.15, 0.2) is 0 Å². The molecule has 0 unspecified atom stereocenters. The second-order valence-electron chi connectivity index (χ2n) is 5.30. The van der Waals surface area contributed by atoms with Crippen LogP contribution in [0.15, 0.2) is 60.7 Å². The van der Waals surface area contributed by atoms with Crippen LogP contribution < -0.4 is 5.32 Å². The lowest BCUT2D eigenvalue weighted by molar-refractivity contribution is -0.113. The number of fused-ring (bicyclic) bond motifs is 1. The van der Waals surface area contributed by atoms with Crippen LogP contribution in [-0.4, -0.2) is 11.7 Å². The fraction of sp³-hybridized carbons (Fsp3) is 0.105. The van der Waals surface area contributed by atoms with Crippen molar-refractivity contribution >= 4 is 57.3 Å². The molecule has 0 atom stereocenters. The van der Waals surface area contributed by atoms with Crippen molar-refractivity contribution in [2.24, 2.45) is 0 Å². The van der Waals surface area contributed by atoms with E-state index in [1.807, 2.05) is 48.5 Å². The van der Waals surface area contributed by atoms with Crippen LogP contribution in [0.1, 0.15) is 5.56 Å². The molecule has 1 N–H and O–H groups in total. The largest absolute Gasteiger partial charge is 0.325 e. The predicted molar refractivity (Wildman–Crippen MR) is 105 cm³/mol. The van der Waals surface area contributed by atoms with Crippen molar-refractivity contribution in [3.8, 4) is 0 Å². The molecule has 0 aliphatic carbocycles. The third kappa shape index (κ3) is 4.23. The van der Waals surface area contributed by atoms with Gasteiger partial charge < -0.3 is 5.32 Å². The summed E-state index contributed by atoms with van der Waals surface area (Å²) in [4.78, 5) is 12.2. The molecule has 0 aromatic heterocycles. The number of thioether (sulfide) groups is 1. The molecule has 0 bridgehead atoms. The number of rotatable bonds is 5. The van der Waals surface area contributed by atoms with E-state index in [1.165, 1.54) is 11.8 Å². The molecule has 0 saturated carbocycles. The standard InChI is InChI=1S/C19H15Cl2NOS/c20-15-9-8-14(17(21)10-15)11-24-12-19(23)22-18-7-3-5-13-4-1-2-6-16(13)18/h1-10H,11-12H2,(H,22,23). The summed E-state index contributed by atoms with van der Waals surface area (Å²) < 4.78 is 0. The van der Waals surface area contributed by atoms with Crippen LogP contribution >= 0.6 is 35.0 Å². The first-order valence-corrected chi connectivity index (χ1v) is 9.34. The molecule has 0 radical (unpaired) electrons. The van der Waals surface area contributed by atoms with Gasteiger partial charge in [-0.3, -0.25) is 4.79 Å². The average molecular weight is 376 g/mol. The zero-order valence-corrected chi connectivity index (χ0v) is 15.1. The molecular weight excluding hydrogens is 361 g/mol. The van der Waals surface area contributed by atoms with E-state index in [0.717, 1.165) is 22.0 Å². The van der Waals surface area contributed by atoms with Gasteiger partial charge in [0.25, 0.3) is 0 Å². The van der Waals surface area contributed by atoms with E-state index in [9.17, 15) is 4.79 Å². The van der Waals surface area contributed by atoms with Crippen molar-refractivity contribution in [1.82, 2.24) is 0 Å². The minimum absolute atomic E-state index is 0.0264. The van der Waals surface area contributed by atoms with Gasteiger partial charge in [-0.25, -0.2) is 0 Å². The molecule has 2 nitrogen and oxygen atoms in total. The highest BCUT2D eigenvalue weighted by Gasteiger charge is 2.07. The van der Waals surface area contributed by atoms with Gasteiger partial charge in [-0.2, -0.15) is 0 Å². The molecule has 3 rings (SSSR count). The molecule has 5 heteroatoms. The van der Waals surface area contributed by atoms with Crippen LogP contribution in [-0.2, 0) is 10.5 Å². The number of hydrogen-bond donors (Lipinski definition) is 1. The maximum atomic E-state index is 12.2. The topological polar surface area (TPSA) is 29.1 Å². The van der Waals surface area contributed by atoms with Crippen molar-refractivity contribution in [2.45, 2.75) is 5.75 Å². The van der Waals surface area contributed by atoms with Crippen molar-refractivity contribution in [3.63, 3.8) is 0 Å². The fourth-order valence-electron chi connectivity index (χ4n) is 2.41. The van der Waals surface area contributed by atoms with Crippen LogP contribution in [0.3, 0.4) is 0 Å². The van der Waals surface area contributed by atoms with Crippen molar-refractivity contribution in [2.75, 3.05) is 11.1 Å². The summed E-state index contributed by atoms with van der Waals surface area (Å²) in [5.41, 5.74) is 1.81. The van der Waals surface area contributed by atoms with Crippen molar-refractivity contribution in [1.29, 1.82) is 0 Å². The van der Waals surface area contributed by atoms with Gasteiger partial charge >= 0.3 is 0 Å². The highest BCUT2D eigenvalue weighted by molar-refractivity contribution is 7.99. The maximum Gasteiger partial charge on any atom is 0.234 e. The zero-order chi connectivity index (χ0) is 16.9. The Morgan fingerprint density at radius 1 is 1.00 bits per heavy atom. The van der Waals surface area contributed by atoms with Gasteiger partial charge in [0, 0.05) is 26.9 Å². The number of halogens is 2. The quantitative estimate of drug-likeness (QED) is 0.590. The monoisotopic (exact) mass is 375 g/mol. The Kier molecular flexibility index (Phi) is 5.67. The van der Waals surface area contributed by atoms with Gasteiger partial charge in [0.2, 0.25) is 5.91 Å². The number of benzene rings is 3. The Labute approximate surface area is 155 Å². The molecule has 0 spiro atoms. The van der Waals surface area contributed by atoms with Crippen LogP contribution in [0.4, 0.5) is 5.69 Å². The Hall–Kier alpha value is -1.68. The lowest BCUT2D eigenvalue weighted by atomic mass is 10.1. The second kappa shape index (κ2) is 7.93. The number of hydrogen-bond acceptors (Lipinski definition) is 2. The summed E-state index contributed by atoms with van der Waals surface area (Å²) in [6.45, 7) is 0. The molecule has 3 aromatic rings. The molecular formula is C19H15Cl2NOS. The van der Waals surface area contributed by atoms with E-state index in [2.05, 4.69) is 5.32 Å². The Bertz CT molecular complexity index is 877. The number of carbonyl (C=O) groups excluding carboxylic acids is 1. The molecule has 24 heavy (non-hydrogen) atoms. The van der Waals surface area contributed by atoms with Gasteiger partial charge in [0.05, 0.1) is 5.75 Å². The Balaban J connectivity index is 1.59. The SMILES string of the molecule is O=C(CSCc1ccc(Cl)cc1Cl)Nc1cccc2ccccc12. The number of anilines is 1. The number of nitrogens with one attached hydrogen (secondary N) is 1. The third-order valence-corrected chi connectivity index (χ3v) is 5.14. The lowest BCUT2D eigenvalue weighted by Crippen LogP contribution is -2.14. The Morgan fingerprint density at radius 3 is 2.62 bits per heavy atom. The first kappa shape index (κ1) is 17.2. The Morgan fingerprint density at radius 2 is 1.79 bits per heavy atom. The fourth-order valence-corrected chi connectivity index (χ4v) is 3.80. The average Bonchev–Trinajstić information content (AvgIpc) is 2.57. The van der Waals surface area contributed by atoms with E-state index >= 15 is 0 Å². The van der Waals surface area contributed by atoms with Gasteiger partial charge in [-0.1, -0.05) is 65.7 Å². The second-order valence-corrected chi connectivity index (χ2v) is 7.13. The summed E-state index contributed by atoms with van der Waals surface area (Å²) in [5, 5.41) is 6.37. The molecule has 1 amide bonds. The highest BCUT2D eigenvalue weighted by Crippen LogP contribution is 2.26. The summed E-state index contributed by atoms with van der Waals surface area (Å²) in [6.07, 6.45) is 0. The molecule has 3 aromatic carbocycles. The first-order valence-electron chi connectivity index (χ1n) is 7.43. The lowest BCUT2D eigenvalue weighted by Gasteiger charge is -2.09. The predicted octanol–water partition coefficient (Wildman–Crippen LogP) is 6.02. The van der Waals surface area contributed by atoms with Crippen molar-refractivity contribution < 1.29 is 4.79 Å². The zero-order valence-electron chi connectivity index (χ0n) is 12.8. The molecule has 0 heterocycles. The number of carbonyl (C=O) groups is 1. The normalized spacial score (nSPS) is 10.8. The molecule has 0 saturated heterocycles. The number of amides is 1. The highest BCUT2D eigenvalue weighted by atomic mass is 35.5. The summed E-state index contributed by atoms with van der Waals surface area (Å²) >= 11 is 13.5. The minimum atomic E-state index is -0.0264. The summed E-state index contributed by atoms with van der Waals surface area (Å²) in [7, 11) is 0.